The van der Waals surface area contributed by atoms with E-state index < -0.39 is 0 Å². The lowest BCUT2D eigenvalue weighted by Crippen LogP contribution is -2.44. The molecule has 2 aliphatic rings. The predicted molar refractivity (Wildman–Crippen MR) is 68.0 cm³/mol. The molecule has 1 atom stereocenters. The molecule has 0 bridgehead atoms. The van der Waals surface area contributed by atoms with Gasteiger partial charge in [0.15, 0.2) is 0 Å². The van der Waals surface area contributed by atoms with Gasteiger partial charge in [-0.05, 0) is 44.8 Å². The Morgan fingerprint density at radius 2 is 2.12 bits per heavy atom. The van der Waals surface area contributed by atoms with Crippen LogP contribution in [0.15, 0.2) is 0 Å². The van der Waals surface area contributed by atoms with Crippen molar-refractivity contribution >= 4 is 0 Å². The quantitative estimate of drug-likeness (QED) is 0.799. The van der Waals surface area contributed by atoms with Crippen molar-refractivity contribution in [2.75, 3.05) is 46.6 Å². The van der Waals surface area contributed by atoms with Crippen LogP contribution in [0.1, 0.15) is 26.2 Å². The highest BCUT2D eigenvalue weighted by atomic mass is 16.7. The molecule has 17 heavy (non-hydrogen) atoms. The van der Waals surface area contributed by atoms with Crippen molar-refractivity contribution in [3.8, 4) is 0 Å². The fraction of sp³-hybridized carbons (Fsp3) is 1.00. The molecule has 0 aromatic heterocycles. The maximum absolute atomic E-state index is 5.52. The zero-order valence-electron chi connectivity index (χ0n) is 11.2. The average molecular weight is 242 g/mol. The van der Waals surface area contributed by atoms with Crippen molar-refractivity contribution in [3.05, 3.63) is 0 Å². The Hall–Kier alpha value is -0.160. The normalized spacial score (nSPS) is 30.4. The molecule has 100 valence electrons. The average Bonchev–Trinajstić information content (AvgIpc) is 2.35. The summed E-state index contributed by atoms with van der Waals surface area (Å²) in [6.07, 6.45) is 3.96. The van der Waals surface area contributed by atoms with Crippen LogP contribution in [0.5, 0.6) is 0 Å². The van der Waals surface area contributed by atoms with Crippen LogP contribution in [0, 0.1) is 5.41 Å². The van der Waals surface area contributed by atoms with E-state index in [9.17, 15) is 0 Å². The van der Waals surface area contributed by atoms with Crippen molar-refractivity contribution in [3.63, 3.8) is 0 Å². The molecule has 0 amide bonds. The first kappa shape index (κ1) is 13.3. The van der Waals surface area contributed by atoms with Crippen LogP contribution in [0.25, 0.3) is 0 Å². The summed E-state index contributed by atoms with van der Waals surface area (Å²) in [5.41, 5.74) is 0.470. The van der Waals surface area contributed by atoms with E-state index in [0.717, 1.165) is 26.1 Å². The molecule has 2 rings (SSSR count). The predicted octanol–water partition coefficient (Wildman–Crippen LogP) is 1.07. The largest absolute Gasteiger partial charge is 0.355 e. The van der Waals surface area contributed by atoms with E-state index in [1.54, 1.807) is 0 Å². The zero-order valence-corrected chi connectivity index (χ0v) is 11.2. The van der Waals surface area contributed by atoms with Crippen molar-refractivity contribution < 1.29 is 9.47 Å². The Bertz CT molecular complexity index is 221. The summed E-state index contributed by atoms with van der Waals surface area (Å²) in [7, 11) is 2.21. The maximum atomic E-state index is 5.52. The van der Waals surface area contributed by atoms with E-state index in [1.807, 2.05) is 0 Å². The summed E-state index contributed by atoms with van der Waals surface area (Å²) in [6.45, 7) is 8.24. The SMILES string of the molecule is CN1CCC(C)(CNCC2CCOCO2)CC1. The molecule has 4 nitrogen and oxygen atoms in total. The van der Waals surface area contributed by atoms with Gasteiger partial charge in [0.2, 0.25) is 0 Å². The first-order valence-corrected chi connectivity index (χ1v) is 6.77. The molecule has 0 aromatic carbocycles. The van der Waals surface area contributed by atoms with Gasteiger partial charge in [0, 0.05) is 13.1 Å². The molecule has 2 saturated heterocycles. The Morgan fingerprint density at radius 1 is 1.35 bits per heavy atom. The molecular formula is C13H26N2O2. The van der Waals surface area contributed by atoms with Gasteiger partial charge in [-0.2, -0.15) is 0 Å². The molecule has 0 spiro atoms. The van der Waals surface area contributed by atoms with Crippen molar-refractivity contribution in [1.82, 2.24) is 10.2 Å². The lowest BCUT2D eigenvalue weighted by Gasteiger charge is -2.38. The van der Waals surface area contributed by atoms with Crippen LogP contribution in [-0.2, 0) is 9.47 Å². The number of rotatable bonds is 4. The highest BCUT2D eigenvalue weighted by molar-refractivity contribution is 4.83. The van der Waals surface area contributed by atoms with Gasteiger partial charge in [-0.3, -0.25) is 0 Å². The number of ether oxygens (including phenoxy) is 2. The second-order valence-corrected chi connectivity index (χ2v) is 5.85. The molecule has 1 N–H and O–H groups in total. The number of nitrogens with one attached hydrogen (secondary N) is 1. The van der Waals surface area contributed by atoms with E-state index in [0.29, 0.717) is 18.3 Å². The van der Waals surface area contributed by atoms with Gasteiger partial charge in [-0.1, -0.05) is 6.92 Å². The van der Waals surface area contributed by atoms with E-state index in [2.05, 4.69) is 24.2 Å². The first-order valence-electron chi connectivity index (χ1n) is 6.77. The summed E-state index contributed by atoms with van der Waals surface area (Å²) < 4.78 is 10.7. The molecule has 1 unspecified atom stereocenters. The van der Waals surface area contributed by atoms with Gasteiger partial charge < -0.3 is 19.7 Å². The molecule has 2 fully saturated rings. The number of nitrogens with zero attached hydrogens (tertiary/aromatic N) is 1. The Balaban J connectivity index is 1.63. The summed E-state index contributed by atoms with van der Waals surface area (Å²) >= 11 is 0. The van der Waals surface area contributed by atoms with Gasteiger partial charge in [-0.25, -0.2) is 0 Å². The zero-order chi connectivity index (χ0) is 12.1. The van der Waals surface area contributed by atoms with E-state index >= 15 is 0 Å². The lowest BCUT2D eigenvalue weighted by atomic mass is 9.80. The molecule has 0 aromatic rings. The minimum Gasteiger partial charge on any atom is -0.355 e. The van der Waals surface area contributed by atoms with Crippen molar-refractivity contribution in [1.29, 1.82) is 0 Å². The molecule has 0 saturated carbocycles. The van der Waals surface area contributed by atoms with Crippen molar-refractivity contribution in [2.45, 2.75) is 32.3 Å². The second-order valence-electron chi connectivity index (χ2n) is 5.85. The summed E-state index contributed by atoms with van der Waals surface area (Å²) in [6, 6.07) is 0. The van der Waals surface area contributed by atoms with Crippen LogP contribution in [0.3, 0.4) is 0 Å². The van der Waals surface area contributed by atoms with Crippen LogP contribution in [0.2, 0.25) is 0 Å². The first-order chi connectivity index (χ1) is 8.18. The fourth-order valence-electron chi connectivity index (χ4n) is 2.53. The van der Waals surface area contributed by atoms with Gasteiger partial charge in [0.1, 0.15) is 6.79 Å². The number of hydrogen-bond acceptors (Lipinski definition) is 4. The fourth-order valence-corrected chi connectivity index (χ4v) is 2.53. The molecule has 0 aliphatic carbocycles. The van der Waals surface area contributed by atoms with E-state index in [-0.39, 0.29) is 0 Å². The Kier molecular flexibility index (Phi) is 4.79. The van der Waals surface area contributed by atoms with Crippen LogP contribution >= 0.6 is 0 Å². The molecule has 0 radical (unpaired) electrons. The smallest absolute Gasteiger partial charge is 0.147 e. The Labute approximate surface area is 105 Å². The summed E-state index contributed by atoms with van der Waals surface area (Å²) in [4.78, 5) is 2.42. The highest BCUT2D eigenvalue weighted by Crippen LogP contribution is 2.29. The maximum Gasteiger partial charge on any atom is 0.147 e. The third-order valence-corrected chi connectivity index (χ3v) is 4.09. The van der Waals surface area contributed by atoms with E-state index in [1.165, 1.54) is 25.9 Å². The van der Waals surface area contributed by atoms with Crippen LogP contribution in [-0.4, -0.2) is 57.6 Å². The molecular weight excluding hydrogens is 216 g/mol. The lowest BCUT2D eigenvalue weighted by molar-refractivity contribution is -0.137. The van der Waals surface area contributed by atoms with Gasteiger partial charge in [0.25, 0.3) is 0 Å². The van der Waals surface area contributed by atoms with Crippen LogP contribution < -0.4 is 5.32 Å². The number of piperidine rings is 1. The second kappa shape index (κ2) is 6.14. The minimum atomic E-state index is 0.346. The van der Waals surface area contributed by atoms with Gasteiger partial charge in [-0.15, -0.1) is 0 Å². The monoisotopic (exact) mass is 242 g/mol. The standard InChI is InChI=1S/C13H26N2O2/c1-13(4-6-15(2)7-5-13)10-14-9-12-3-8-16-11-17-12/h12,14H,3-11H2,1-2H3. The van der Waals surface area contributed by atoms with Crippen molar-refractivity contribution in [2.24, 2.45) is 5.41 Å². The highest BCUT2D eigenvalue weighted by Gasteiger charge is 2.28. The summed E-state index contributed by atoms with van der Waals surface area (Å²) in [5, 5.41) is 3.58. The molecule has 4 heteroatoms. The number of likely N-dealkylation sites (tertiary alicyclic amines) is 1. The molecule has 2 heterocycles. The molecule has 2 aliphatic heterocycles. The Morgan fingerprint density at radius 3 is 2.76 bits per heavy atom. The minimum absolute atomic E-state index is 0.346. The van der Waals surface area contributed by atoms with Gasteiger partial charge >= 0.3 is 0 Å². The third kappa shape index (κ3) is 4.21. The van der Waals surface area contributed by atoms with Crippen LogP contribution in [0.4, 0.5) is 0 Å². The van der Waals surface area contributed by atoms with E-state index in [4.69, 9.17) is 9.47 Å². The van der Waals surface area contributed by atoms with Gasteiger partial charge in [0.05, 0.1) is 12.7 Å². The topological polar surface area (TPSA) is 33.7 Å². The number of hydrogen-bond donors (Lipinski definition) is 1. The summed E-state index contributed by atoms with van der Waals surface area (Å²) in [5.74, 6) is 0. The third-order valence-electron chi connectivity index (χ3n) is 4.09.